The van der Waals surface area contributed by atoms with Crippen LogP contribution in [0, 0.1) is 6.92 Å². The number of aromatic nitrogens is 3. The predicted molar refractivity (Wildman–Crippen MR) is 83.1 cm³/mol. The van der Waals surface area contributed by atoms with Crippen molar-refractivity contribution in [2.75, 3.05) is 12.3 Å². The van der Waals surface area contributed by atoms with Crippen LogP contribution in [0.1, 0.15) is 41.5 Å². The second-order valence-electron chi connectivity index (χ2n) is 5.23. The van der Waals surface area contributed by atoms with E-state index in [0.717, 1.165) is 31.5 Å². The van der Waals surface area contributed by atoms with Crippen LogP contribution in [-0.2, 0) is 13.0 Å². The molecule has 0 fully saturated rings. The monoisotopic (exact) mass is 289 g/mol. The minimum atomic E-state index is -0.0657. The smallest absolute Gasteiger partial charge is 0.267 e. The van der Waals surface area contributed by atoms with E-state index in [4.69, 9.17) is 5.73 Å². The third kappa shape index (κ3) is 3.87. The number of carbonyl (C=O) groups excluding carboxylic acids is 1. The third-order valence-electron chi connectivity index (χ3n) is 3.46. The molecule has 2 heterocycles. The molecule has 0 aliphatic carbocycles. The van der Waals surface area contributed by atoms with Crippen LogP contribution in [0.25, 0.3) is 0 Å². The highest BCUT2D eigenvalue weighted by atomic mass is 16.1. The molecule has 0 aliphatic heterocycles. The van der Waals surface area contributed by atoms with Crippen molar-refractivity contribution in [2.24, 2.45) is 0 Å². The van der Waals surface area contributed by atoms with Crippen molar-refractivity contribution in [3.63, 3.8) is 0 Å². The lowest BCUT2D eigenvalue weighted by Gasteiger charge is -2.08. The molecule has 0 atom stereocenters. The molecule has 6 heteroatoms. The second kappa shape index (κ2) is 6.97. The van der Waals surface area contributed by atoms with E-state index < -0.39 is 0 Å². The Morgan fingerprint density at radius 1 is 1.52 bits per heavy atom. The van der Waals surface area contributed by atoms with Crippen molar-refractivity contribution >= 4 is 11.6 Å². The minimum absolute atomic E-state index is 0.0657. The van der Waals surface area contributed by atoms with E-state index >= 15 is 0 Å². The maximum Gasteiger partial charge on any atom is 0.267 e. The summed E-state index contributed by atoms with van der Waals surface area (Å²) >= 11 is 0. The number of nitrogens with one attached hydrogen (secondary N) is 2. The Morgan fingerprint density at radius 3 is 3.00 bits per heavy atom. The molecular weight excluding hydrogens is 266 g/mol. The van der Waals surface area contributed by atoms with Crippen molar-refractivity contribution in [3.05, 3.63) is 35.4 Å². The summed E-state index contributed by atoms with van der Waals surface area (Å²) < 4.78 is 1.91. The molecule has 0 saturated carbocycles. The van der Waals surface area contributed by atoms with E-state index in [1.165, 1.54) is 5.56 Å². The summed E-state index contributed by atoms with van der Waals surface area (Å²) in [6.45, 7) is 5.52. The summed E-state index contributed by atoms with van der Waals surface area (Å²) in [4.78, 5) is 12.2. The number of rotatable bonds is 7. The topological polar surface area (TPSA) is 88.7 Å². The van der Waals surface area contributed by atoms with Gasteiger partial charge < -0.3 is 15.6 Å². The van der Waals surface area contributed by atoms with Crippen LogP contribution in [0.2, 0.25) is 0 Å². The highest BCUT2D eigenvalue weighted by Crippen LogP contribution is 2.11. The molecule has 1 amide bonds. The van der Waals surface area contributed by atoms with E-state index in [2.05, 4.69) is 22.4 Å². The molecule has 6 nitrogen and oxygen atoms in total. The van der Waals surface area contributed by atoms with Gasteiger partial charge in [0.1, 0.15) is 5.69 Å². The Morgan fingerprint density at radius 2 is 2.33 bits per heavy atom. The lowest BCUT2D eigenvalue weighted by molar-refractivity contribution is 0.0944. The van der Waals surface area contributed by atoms with Gasteiger partial charge in [-0.25, -0.2) is 0 Å². The average Bonchev–Trinajstić information content (AvgIpc) is 3.01. The fourth-order valence-electron chi connectivity index (χ4n) is 2.35. The molecule has 4 N–H and O–H groups in total. The van der Waals surface area contributed by atoms with Gasteiger partial charge in [0.2, 0.25) is 0 Å². The first-order chi connectivity index (χ1) is 10.1. The van der Waals surface area contributed by atoms with E-state index in [9.17, 15) is 4.79 Å². The van der Waals surface area contributed by atoms with Gasteiger partial charge in [0, 0.05) is 25.0 Å². The molecular formula is C15H23N5O. The van der Waals surface area contributed by atoms with Crippen LogP contribution in [0.4, 0.5) is 5.69 Å². The summed E-state index contributed by atoms with van der Waals surface area (Å²) in [6, 6.07) is 1.73. The standard InChI is InChI=1S/C15H23N5O/c1-3-7-20-10-13(16)8-14(20)15(21)17-6-4-5-12-9-18-19-11(12)2/h8-10H,3-7,16H2,1-2H3,(H,17,21)(H,18,19). The molecule has 114 valence electrons. The number of carbonyl (C=O) groups is 1. The van der Waals surface area contributed by atoms with Gasteiger partial charge in [-0.05, 0) is 37.8 Å². The quantitative estimate of drug-likeness (QED) is 0.680. The molecule has 21 heavy (non-hydrogen) atoms. The van der Waals surface area contributed by atoms with Crippen molar-refractivity contribution in [1.29, 1.82) is 0 Å². The molecule has 0 aromatic carbocycles. The number of nitrogens with two attached hydrogens (primary N) is 1. The van der Waals surface area contributed by atoms with Crippen molar-refractivity contribution in [3.8, 4) is 0 Å². The first-order valence-electron chi connectivity index (χ1n) is 7.34. The van der Waals surface area contributed by atoms with Crippen LogP contribution >= 0.6 is 0 Å². The number of nitrogen functional groups attached to an aromatic ring is 1. The van der Waals surface area contributed by atoms with Gasteiger partial charge in [-0.15, -0.1) is 0 Å². The van der Waals surface area contributed by atoms with Crippen LogP contribution < -0.4 is 11.1 Å². The van der Waals surface area contributed by atoms with Crippen molar-refractivity contribution < 1.29 is 4.79 Å². The first kappa shape index (κ1) is 15.2. The van der Waals surface area contributed by atoms with Crippen LogP contribution in [0.3, 0.4) is 0 Å². The van der Waals surface area contributed by atoms with Gasteiger partial charge in [-0.1, -0.05) is 6.92 Å². The number of H-pyrrole nitrogens is 1. The maximum atomic E-state index is 12.2. The summed E-state index contributed by atoms with van der Waals surface area (Å²) in [6.07, 6.45) is 6.41. The van der Waals surface area contributed by atoms with Gasteiger partial charge in [-0.2, -0.15) is 5.10 Å². The maximum absolute atomic E-state index is 12.2. The summed E-state index contributed by atoms with van der Waals surface area (Å²) in [5, 5.41) is 9.85. The van der Waals surface area contributed by atoms with E-state index in [1.807, 2.05) is 23.9 Å². The Hall–Kier alpha value is -2.24. The zero-order valence-corrected chi connectivity index (χ0v) is 12.6. The summed E-state index contributed by atoms with van der Waals surface area (Å²) in [7, 11) is 0. The molecule has 2 rings (SSSR count). The lowest BCUT2D eigenvalue weighted by atomic mass is 10.1. The first-order valence-corrected chi connectivity index (χ1v) is 7.34. The van der Waals surface area contributed by atoms with Crippen molar-refractivity contribution in [2.45, 2.75) is 39.7 Å². The number of amides is 1. The van der Waals surface area contributed by atoms with E-state index in [-0.39, 0.29) is 5.91 Å². The van der Waals surface area contributed by atoms with Gasteiger partial charge in [0.25, 0.3) is 5.91 Å². The SMILES string of the molecule is CCCn1cc(N)cc1C(=O)NCCCc1cn[nH]c1C. The van der Waals surface area contributed by atoms with Gasteiger partial charge in [0.15, 0.2) is 0 Å². The Labute approximate surface area is 124 Å². The average molecular weight is 289 g/mol. The highest BCUT2D eigenvalue weighted by molar-refractivity contribution is 5.93. The number of hydrogen-bond donors (Lipinski definition) is 3. The molecule has 2 aromatic rings. The number of nitrogens with zero attached hydrogens (tertiary/aromatic N) is 2. The largest absolute Gasteiger partial charge is 0.397 e. The Kier molecular flexibility index (Phi) is 5.03. The minimum Gasteiger partial charge on any atom is -0.397 e. The second-order valence-corrected chi connectivity index (χ2v) is 5.23. The normalized spacial score (nSPS) is 10.8. The molecule has 0 aliphatic rings. The molecule has 0 saturated heterocycles. The van der Waals surface area contributed by atoms with Crippen LogP contribution in [0.5, 0.6) is 0 Å². The molecule has 0 radical (unpaired) electrons. The zero-order valence-electron chi connectivity index (χ0n) is 12.6. The Bertz CT molecular complexity index is 599. The summed E-state index contributed by atoms with van der Waals surface area (Å²) in [5.41, 5.74) is 9.32. The molecule has 0 unspecified atom stereocenters. The highest BCUT2D eigenvalue weighted by Gasteiger charge is 2.12. The molecule has 2 aromatic heterocycles. The lowest BCUT2D eigenvalue weighted by Crippen LogP contribution is -2.27. The zero-order chi connectivity index (χ0) is 15.2. The van der Waals surface area contributed by atoms with E-state index in [1.54, 1.807) is 6.07 Å². The fourth-order valence-corrected chi connectivity index (χ4v) is 2.35. The summed E-state index contributed by atoms with van der Waals surface area (Å²) in [5.74, 6) is -0.0657. The number of hydrogen-bond acceptors (Lipinski definition) is 3. The van der Waals surface area contributed by atoms with E-state index in [0.29, 0.717) is 17.9 Å². The fraction of sp³-hybridized carbons (Fsp3) is 0.467. The van der Waals surface area contributed by atoms with Crippen molar-refractivity contribution in [1.82, 2.24) is 20.1 Å². The number of anilines is 1. The third-order valence-corrected chi connectivity index (χ3v) is 3.46. The van der Waals surface area contributed by atoms with Gasteiger partial charge >= 0.3 is 0 Å². The van der Waals surface area contributed by atoms with Crippen LogP contribution in [0.15, 0.2) is 18.5 Å². The number of aryl methyl sites for hydroxylation is 3. The van der Waals surface area contributed by atoms with Crippen LogP contribution in [-0.4, -0.2) is 27.2 Å². The van der Waals surface area contributed by atoms with Gasteiger partial charge in [0.05, 0.1) is 11.9 Å². The predicted octanol–water partition coefficient (Wildman–Crippen LogP) is 1.87. The molecule has 0 spiro atoms. The number of aromatic amines is 1. The van der Waals surface area contributed by atoms with Gasteiger partial charge in [-0.3, -0.25) is 9.89 Å². The molecule has 0 bridgehead atoms. The Balaban J connectivity index is 1.83.